The molecule has 0 atom stereocenters. The van der Waals surface area contributed by atoms with Gasteiger partial charge < -0.3 is 5.11 Å². The second-order valence-electron chi connectivity index (χ2n) is 9.06. The normalized spacial score (nSPS) is 11.3. The van der Waals surface area contributed by atoms with Crippen molar-refractivity contribution < 1.29 is 9.90 Å². The predicted molar refractivity (Wildman–Crippen MR) is 138 cm³/mol. The van der Waals surface area contributed by atoms with Crippen molar-refractivity contribution in [2.24, 2.45) is 10.2 Å². The maximum Gasteiger partial charge on any atom is 0.335 e. The summed E-state index contributed by atoms with van der Waals surface area (Å²) in [5.74, 6) is -0.937. The van der Waals surface area contributed by atoms with Crippen molar-refractivity contribution in [1.29, 1.82) is 0 Å². The second kappa shape index (κ2) is 17.0. The van der Waals surface area contributed by atoms with Crippen LogP contribution in [-0.2, 0) is 6.42 Å². The first-order valence-corrected chi connectivity index (χ1v) is 13.0. The molecule has 0 bridgehead atoms. The van der Waals surface area contributed by atoms with Crippen LogP contribution in [0.3, 0.4) is 0 Å². The Morgan fingerprint density at radius 2 is 1.00 bits per heavy atom. The molecule has 2 aromatic rings. The van der Waals surface area contributed by atoms with E-state index in [9.17, 15) is 4.79 Å². The summed E-state index contributed by atoms with van der Waals surface area (Å²) in [6.45, 7) is 2.28. The molecule has 0 aromatic heterocycles. The first-order valence-electron chi connectivity index (χ1n) is 13.0. The van der Waals surface area contributed by atoms with Gasteiger partial charge in [-0.1, -0.05) is 103 Å². The van der Waals surface area contributed by atoms with E-state index in [4.69, 9.17) is 5.11 Å². The highest BCUT2D eigenvalue weighted by molar-refractivity contribution is 5.87. The fourth-order valence-electron chi connectivity index (χ4n) is 4.04. The Hall–Kier alpha value is -2.49. The van der Waals surface area contributed by atoms with Gasteiger partial charge >= 0.3 is 5.97 Å². The molecule has 180 valence electrons. The molecule has 0 heterocycles. The third-order valence-electron chi connectivity index (χ3n) is 6.15. The van der Waals surface area contributed by atoms with E-state index in [2.05, 4.69) is 29.3 Å². The number of hydrogen-bond acceptors (Lipinski definition) is 3. The quantitative estimate of drug-likeness (QED) is 0.181. The van der Waals surface area contributed by atoms with E-state index in [-0.39, 0.29) is 5.56 Å². The molecule has 0 aliphatic rings. The lowest BCUT2D eigenvalue weighted by Gasteiger charge is -2.04. The van der Waals surface area contributed by atoms with Crippen LogP contribution in [0.2, 0.25) is 0 Å². The van der Waals surface area contributed by atoms with Crippen molar-refractivity contribution in [2.75, 3.05) is 0 Å². The second-order valence-corrected chi connectivity index (χ2v) is 9.06. The zero-order valence-electron chi connectivity index (χ0n) is 20.5. The molecule has 0 saturated carbocycles. The smallest absolute Gasteiger partial charge is 0.335 e. The van der Waals surface area contributed by atoms with Gasteiger partial charge in [0.05, 0.1) is 16.9 Å². The van der Waals surface area contributed by atoms with E-state index < -0.39 is 5.97 Å². The van der Waals surface area contributed by atoms with E-state index in [0.29, 0.717) is 5.69 Å². The third-order valence-corrected chi connectivity index (χ3v) is 6.15. The first-order chi connectivity index (χ1) is 16.2. The monoisotopic (exact) mass is 450 g/mol. The van der Waals surface area contributed by atoms with Crippen LogP contribution in [0.4, 0.5) is 11.4 Å². The van der Waals surface area contributed by atoms with Crippen LogP contribution in [0.15, 0.2) is 58.8 Å². The van der Waals surface area contributed by atoms with Gasteiger partial charge in [-0.15, -0.1) is 0 Å². The number of azo groups is 1. The lowest BCUT2D eigenvalue weighted by molar-refractivity contribution is 0.0697. The van der Waals surface area contributed by atoms with Gasteiger partial charge in [0.25, 0.3) is 0 Å². The summed E-state index contributed by atoms with van der Waals surface area (Å²) >= 11 is 0. The van der Waals surface area contributed by atoms with Gasteiger partial charge in [0.15, 0.2) is 0 Å². The summed E-state index contributed by atoms with van der Waals surface area (Å²) in [5, 5.41) is 17.4. The summed E-state index contributed by atoms with van der Waals surface area (Å²) < 4.78 is 0. The number of carboxylic acids is 1. The van der Waals surface area contributed by atoms with Gasteiger partial charge in [0, 0.05) is 0 Å². The Balaban J connectivity index is 1.49. The van der Waals surface area contributed by atoms with Gasteiger partial charge in [0.2, 0.25) is 0 Å². The molecule has 0 aliphatic heterocycles. The zero-order chi connectivity index (χ0) is 23.6. The molecule has 0 aliphatic carbocycles. The van der Waals surface area contributed by atoms with Gasteiger partial charge in [-0.25, -0.2) is 4.79 Å². The summed E-state index contributed by atoms with van der Waals surface area (Å²) in [6.07, 6.45) is 20.5. The lowest BCUT2D eigenvalue weighted by Crippen LogP contribution is -1.93. The van der Waals surface area contributed by atoms with Crippen molar-refractivity contribution >= 4 is 17.3 Å². The Morgan fingerprint density at radius 1 is 0.606 bits per heavy atom. The predicted octanol–water partition coefficient (Wildman–Crippen LogP) is 9.82. The molecule has 1 N–H and O–H groups in total. The number of carboxylic acid groups (broad SMARTS) is 1. The Labute approximate surface area is 200 Å². The van der Waals surface area contributed by atoms with Gasteiger partial charge in [-0.3, -0.25) is 0 Å². The molecule has 0 spiro atoms. The number of rotatable bonds is 18. The Morgan fingerprint density at radius 3 is 1.42 bits per heavy atom. The molecular weight excluding hydrogens is 408 g/mol. The molecule has 0 amide bonds. The Kier molecular flexibility index (Phi) is 13.8. The maximum atomic E-state index is 10.9. The molecule has 0 unspecified atom stereocenters. The molecule has 4 heteroatoms. The zero-order valence-corrected chi connectivity index (χ0v) is 20.5. The number of aromatic carboxylic acids is 1. The maximum absolute atomic E-state index is 10.9. The molecule has 2 rings (SSSR count). The fraction of sp³-hybridized carbons (Fsp3) is 0.552. The van der Waals surface area contributed by atoms with Crippen molar-refractivity contribution in [3.63, 3.8) is 0 Å². The highest BCUT2D eigenvalue weighted by atomic mass is 16.4. The topological polar surface area (TPSA) is 62.0 Å². The summed E-state index contributed by atoms with van der Waals surface area (Å²) in [7, 11) is 0. The van der Waals surface area contributed by atoms with E-state index in [1.807, 2.05) is 12.1 Å². The summed E-state index contributed by atoms with van der Waals surface area (Å²) in [6, 6.07) is 14.6. The fourth-order valence-corrected chi connectivity index (χ4v) is 4.04. The average molecular weight is 451 g/mol. The number of benzene rings is 2. The van der Waals surface area contributed by atoms with Crippen molar-refractivity contribution in [2.45, 2.75) is 103 Å². The standard InChI is InChI=1S/C29H42N2O2/c1-2-3-4-5-6-7-8-9-10-11-12-13-14-15-16-25-17-21-27(22-18-25)30-31-28-23-19-26(20-24-28)29(32)33/h17-24H,2-16H2,1H3,(H,32,33). The molecule has 0 fully saturated rings. The third kappa shape index (κ3) is 12.4. The lowest BCUT2D eigenvalue weighted by atomic mass is 10.0. The van der Waals surface area contributed by atoms with Crippen molar-refractivity contribution in [1.82, 2.24) is 0 Å². The molecule has 33 heavy (non-hydrogen) atoms. The number of unbranched alkanes of at least 4 members (excludes halogenated alkanes) is 13. The van der Waals surface area contributed by atoms with E-state index in [1.54, 1.807) is 12.1 Å². The molecule has 0 radical (unpaired) electrons. The molecule has 2 aromatic carbocycles. The molecule has 0 saturated heterocycles. The van der Waals surface area contributed by atoms with Crippen LogP contribution >= 0.6 is 0 Å². The largest absolute Gasteiger partial charge is 0.478 e. The summed E-state index contributed by atoms with van der Waals surface area (Å²) in [5.41, 5.74) is 3.05. The van der Waals surface area contributed by atoms with Crippen molar-refractivity contribution in [3.8, 4) is 0 Å². The SMILES string of the molecule is CCCCCCCCCCCCCCCCc1ccc(N=Nc2ccc(C(=O)O)cc2)cc1. The van der Waals surface area contributed by atoms with Crippen LogP contribution < -0.4 is 0 Å². The number of hydrogen-bond donors (Lipinski definition) is 1. The average Bonchev–Trinajstić information content (AvgIpc) is 2.84. The van der Waals surface area contributed by atoms with Crippen LogP contribution in [0.1, 0.15) is 113 Å². The molecule has 4 nitrogen and oxygen atoms in total. The number of aryl methyl sites for hydroxylation is 1. The van der Waals surface area contributed by atoms with Gasteiger partial charge in [-0.05, 0) is 54.8 Å². The Bertz CT molecular complexity index is 797. The highest BCUT2D eigenvalue weighted by Gasteiger charge is 2.01. The highest BCUT2D eigenvalue weighted by Crippen LogP contribution is 2.20. The van der Waals surface area contributed by atoms with Crippen LogP contribution in [0, 0.1) is 0 Å². The first kappa shape index (κ1) is 26.8. The van der Waals surface area contributed by atoms with Crippen molar-refractivity contribution in [3.05, 3.63) is 59.7 Å². The number of carbonyl (C=O) groups is 1. The summed E-state index contributed by atoms with van der Waals surface area (Å²) in [4.78, 5) is 10.9. The van der Waals surface area contributed by atoms with Crippen LogP contribution in [0.5, 0.6) is 0 Å². The molecular formula is C29H42N2O2. The van der Waals surface area contributed by atoms with E-state index in [1.165, 1.54) is 108 Å². The van der Waals surface area contributed by atoms with Gasteiger partial charge in [-0.2, -0.15) is 10.2 Å². The van der Waals surface area contributed by atoms with Gasteiger partial charge in [0.1, 0.15) is 0 Å². The van der Waals surface area contributed by atoms with Crippen LogP contribution in [0.25, 0.3) is 0 Å². The minimum Gasteiger partial charge on any atom is -0.478 e. The minimum atomic E-state index is -0.937. The van der Waals surface area contributed by atoms with E-state index >= 15 is 0 Å². The van der Waals surface area contributed by atoms with E-state index in [0.717, 1.165) is 12.1 Å². The minimum absolute atomic E-state index is 0.252. The number of nitrogens with zero attached hydrogens (tertiary/aromatic N) is 2. The van der Waals surface area contributed by atoms with Crippen LogP contribution in [-0.4, -0.2) is 11.1 Å².